The third-order valence-corrected chi connectivity index (χ3v) is 8.88. The van der Waals surface area contributed by atoms with Gasteiger partial charge >= 0.3 is 6.03 Å². The number of hydrogen-bond acceptors (Lipinski definition) is 10. The second-order valence-corrected chi connectivity index (χ2v) is 12.9. The molecule has 14 nitrogen and oxygen atoms in total. The third-order valence-electron chi connectivity index (χ3n) is 8.88. The number of imide groups is 1. The first-order chi connectivity index (χ1) is 25.6. The largest absolute Gasteiger partial charge is 0.434 e. The first-order valence-electron chi connectivity index (χ1n) is 17.4. The number of fused-ring (bicyclic) bond motifs is 1. The van der Waals surface area contributed by atoms with Crippen LogP contribution in [-0.2, 0) is 28.9 Å². The molecule has 5 aromatic rings. The summed E-state index contributed by atoms with van der Waals surface area (Å²) >= 11 is 0. The van der Waals surface area contributed by atoms with Gasteiger partial charge in [-0.15, -0.1) is 0 Å². The summed E-state index contributed by atoms with van der Waals surface area (Å²) in [5.74, 6) is -1.90. The molecule has 53 heavy (non-hydrogen) atoms. The van der Waals surface area contributed by atoms with Crippen LogP contribution in [-0.4, -0.2) is 79.5 Å². The Hall–Kier alpha value is -5.58. The van der Waals surface area contributed by atoms with Crippen molar-refractivity contribution >= 4 is 29.0 Å². The van der Waals surface area contributed by atoms with Crippen LogP contribution in [0.1, 0.15) is 53.0 Å². The van der Waals surface area contributed by atoms with Crippen molar-refractivity contribution in [3.05, 3.63) is 101 Å². The highest BCUT2D eigenvalue weighted by Crippen LogP contribution is 2.32. The molecule has 0 bridgehead atoms. The van der Waals surface area contributed by atoms with Gasteiger partial charge in [0, 0.05) is 61.4 Å². The molecule has 1 aliphatic heterocycles. The van der Waals surface area contributed by atoms with Crippen LogP contribution in [0.3, 0.4) is 0 Å². The van der Waals surface area contributed by atoms with Gasteiger partial charge in [-0.3, -0.25) is 19.8 Å². The van der Waals surface area contributed by atoms with Gasteiger partial charge in [0.05, 0.1) is 13.0 Å². The number of amides is 3. The van der Waals surface area contributed by atoms with E-state index in [9.17, 15) is 18.8 Å². The first-order valence-corrected chi connectivity index (χ1v) is 17.4. The number of ether oxygens (including phenoxy) is 2. The van der Waals surface area contributed by atoms with Gasteiger partial charge in [0.1, 0.15) is 17.7 Å². The lowest BCUT2D eigenvalue weighted by Crippen LogP contribution is -2.39. The van der Waals surface area contributed by atoms with E-state index in [0.717, 1.165) is 48.9 Å². The van der Waals surface area contributed by atoms with Gasteiger partial charge in [0.2, 0.25) is 17.7 Å². The smallest absolute Gasteiger partial charge is 0.325 e. The average molecular weight is 730 g/mol. The molecule has 2 aromatic carbocycles. The van der Waals surface area contributed by atoms with Gasteiger partial charge in [-0.2, -0.15) is 15.2 Å². The van der Waals surface area contributed by atoms with Gasteiger partial charge in [-0.05, 0) is 86.8 Å². The molecule has 1 saturated heterocycles. The molecule has 0 spiro atoms. The van der Waals surface area contributed by atoms with Gasteiger partial charge in [-0.25, -0.2) is 22.8 Å². The zero-order valence-electron chi connectivity index (χ0n) is 29.3. The van der Waals surface area contributed by atoms with Crippen molar-refractivity contribution in [3.8, 4) is 11.6 Å². The Morgan fingerprint density at radius 3 is 2.53 bits per heavy atom. The van der Waals surface area contributed by atoms with Gasteiger partial charge in [0.15, 0.2) is 11.6 Å². The van der Waals surface area contributed by atoms with E-state index in [1.54, 1.807) is 16.8 Å². The van der Waals surface area contributed by atoms with E-state index < -0.39 is 23.6 Å². The van der Waals surface area contributed by atoms with Gasteiger partial charge in [-0.1, -0.05) is 12.1 Å². The highest BCUT2D eigenvalue weighted by atomic mass is 19.1. The number of nitrogens with two attached hydrogens (primary N) is 1. The SMILES string of the molecule is Cc1ccnn1C(=O)CCCOCCc1cc(CN2CCC(N)CC2)c2c(Oc3ccc(NC(=O)NC(=O)Cc4ccc(F)cc4)cc3F)ncnn12. The number of nitrogens with one attached hydrogen (secondary N) is 2. The summed E-state index contributed by atoms with van der Waals surface area (Å²) in [6.07, 6.45) is 5.92. The number of benzene rings is 2. The molecule has 0 atom stereocenters. The minimum atomic E-state index is -0.853. The van der Waals surface area contributed by atoms with E-state index in [4.69, 9.17) is 15.2 Å². The number of halogens is 2. The van der Waals surface area contributed by atoms with Crippen LogP contribution >= 0.6 is 0 Å². The maximum Gasteiger partial charge on any atom is 0.325 e. The van der Waals surface area contributed by atoms with Crippen LogP contribution in [0.4, 0.5) is 19.3 Å². The minimum absolute atomic E-state index is 0.0828. The molecule has 16 heteroatoms. The topological polar surface area (TPSA) is 171 Å². The zero-order chi connectivity index (χ0) is 37.3. The number of aromatic nitrogens is 5. The number of nitrogens with zero attached hydrogens (tertiary/aromatic N) is 6. The number of carbonyl (C=O) groups is 3. The number of piperidine rings is 1. The van der Waals surface area contributed by atoms with Crippen LogP contribution in [0.15, 0.2) is 67.1 Å². The lowest BCUT2D eigenvalue weighted by molar-refractivity contribution is -0.119. The second-order valence-electron chi connectivity index (χ2n) is 12.9. The van der Waals surface area contributed by atoms with E-state index in [1.165, 1.54) is 47.4 Å². The summed E-state index contributed by atoms with van der Waals surface area (Å²) in [5, 5.41) is 13.2. The molecule has 4 N–H and O–H groups in total. The molecular formula is C37H41F2N9O5. The molecule has 278 valence electrons. The van der Waals surface area contributed by atoms with Crippen molar-refractivity contribution in [2.75, 3.05) is 31.6 Å². The van der Waals surface area contributed by atoms with Crippen molar-refractivity contribution in [3.63, 3.8) is 0 Å². The number of anilines is 1. The van der Waals surface area contributed by atoms with Crippen molar-refractivity contribution in [1.82, 2.24) is 34.6 Å². The summed E-state index contributed by atoms with van der Waals surface area (Å²) in [7, 11) is 0. The quantitative estimate of drug-likeness (QED) is 0.135. The number of likely N-dealkylation sites (tertiary alicyclic amines) is 1. The standard InChI is InChI=1S/C37H41F2N9O5/c1-24-10-14-42-47(24)34(50)3-2-17-52-18-13-30-20-26(22-46-15-11-28(40)12-16-46)35-36(41-23-43-48(30)35)53-32-9-8-29(21-31(32)39)44-37(51)45-33(49)19-25-4-6-27(38)7-5-25/h4-10,14,20-21,23,28H,2-3,11-13,15-19,22,40H2,1H3,(H2,44,45,49,51). The fourth-order valence-corrected chi connectivity index (χ4v) is 6.11. The van der Waals surface area contributed by atoms with E-state index in [-0.39, 0.29) is 35.7 Å². The van der Waals surface area contributed by atoms with Crippen LogP contribution in [0.5, 0.6) is 11.6 Å². The van der Waals surface area contributed by atoms with E-state index in [0.29, 0.717) is 50.1 Å². The summed E-state index contributed by atoms with van der Waals surface area (Å²) in [4.78, 5) is 43.7. The Kier molecular flexibility index (Phi) is 12.1. The Bertz CT molecular complexity index is 2060. The fourth-order valence-electron chi connectivity index (χ4n) is 6.11. The molecule has 0 unspecified atom stereocenters. The number of hydrogen-bond donors (Lipinski definition) is 3. The number of urea groups is 1. The van der Waals surface area contributed by atoms with Crippen LogP contribution in [0.25, 0.3) is 5.52 Å². The van der Waals surface area contributed by atoms with E-state index >= 15 is 4.39 Å². The molecule has 0 radical (unpaired) electrons. The molecule has 4 heterocycles. The monoisotopic (exact) mass is 729 g/mol. The number of rotatable bonds is 14. The second kappa shape index (κ2) is 17.3. The van der Waals surface area contributed by atoms with Crippen molar-refractivity contribution in [2.24, 2.45) is 5.73 Å². The lowest BCUT2D eigenvalue weighted by atomic mass is 10.1. The average Bonchev–Trinajstić information content (AvgIpc) is 3.72. The Morgan fingerprint density at radius 1 is 1.00 bits per heavy atom. The molecular weight excluding hydrogens is 688 g/mol. The first kappa shape index (κ1) is 37.2. The summed E-state index contributed by atoms with van der Waals surface area (Å²) in [5.41, 5.74) is 9.87. The summed E-state index contributed by atoms with van der Waals surface area (Å²) in [6, 6.07) is 12.3. The summed E-state index contributed by atoms with van der Waals surface area (Å²) in [6.45, 7) is 4.84. The maximum absolute atomic E-state index is 15.4. The Morgan fingerprint density at radius 2 is 1.79 bits per heavy atom. The number of aryl methyl sites for hydroxylation is 1. The van der Waals surface area contributed by atoms with Crippen LogP contribution < -0.4 is 21.1 Å². The molecule has 3 aromatic heterocycles. The third kappa shape index (κ3) is 9.85. The fraction of sp³-hybridized carbons (Fsp3) is 0.351. The highest BCUT2D eigenvalue weighted by molar-refractivity contribution is 6.01. The highest BCUT2D eigenvalue weighted by Gasteiger charge is 2.22. The van der Waals surface area contributed by atoms with Crippen LogP contribution in [0, 0.1) is 18.6 Å². The van der Waals surface area contributed by atoms with Crippen molar-refractivity contribution < 1.29 is 32.6 Å². The van der Waals surface area contributed by atoms with Crippen molar-refractivity contribution in [2.45, 2.75) is 58.0 Å². The minimum Gasteiger partial charge on any atom is -0.434 e. The van der Waals surface area contributed by atoms with Crippen molar-refractivity contribution in [1.29, 1.82) is 0 Å². The molecule has 1 aliphatic rings. The van der Waals surface area contributed by atoms with E-state index in [2.05, 4.69) is 30.7 Å². The maximum atomic E-state index is 15.4. The van der Waals surface area contributed by atoms with Gasteiger partial charge in [0.25, 0.3) is 0 Å². The molecule has 6 rings (SSSR count). The molecule has 3 amide bonds. The lowest BCUT2D eigenvalue weighted by Gasteiger charge is -2.29. The Labute approximate surface area is 304 Å². The molecule has 0 aliphatic carbocycles. The molecule has 1 fully saturated rings. The predicted octanol–water partition coefficient (Wildman–Crippen LogP) is 4.80. The normalized spacial score (nSPS) is 13.7. The molecule has 0 saturated carbocycles. The summed E-state index contributed by atoms with van der Waals surface area (Å²) < 4.78 is 43.6. The van der Waals surface area contributed by atoms with E-state index in [1.807, 2.05) is 13.0 Å². The zero-order valence-corrected chi connectivity index (χ0v) is 29.3. The number of carbonyl (C=O) groups excluding carboxylic acids is 3. The Balaban J connectivity index is 1.11. The van der Waals surface area contributed by atoms with Gasteiger partial charge < -0.3 is 20.5 Å². The van der Waals surface area contributed by atoms with Crippen LogP contribution in [0.2, 0.25) is 0 Å². The predicted molar refractivity (Wildman–Crippen MR) is 191 cm³/mol.